The maximum absolute atomic E-state index is 13.9. The molecule has 124 valence electrons. The summed E-state index contributed by atoms with van der Waals surface area (Å²) in [7, 11) is 0. The van der Waals surface area contributed by atoms with Gasteiger partial charge in [-0.3, -0.25) is 0 Å². The van der Waals surface area contributed by atoms with E-state index in [4.69, 9.17) is 11.6 Å². The second kappa shape index (κ2) is 6.26. The molecule has 25 heavy (non-hydrogen) atoms. The van der Waals surface area contributed by atoms with Gasteiger partial charge >= 0.3 is 0 Å². The van der Waals surface area contributed by atoms with Gasteiger partial charge in [0, 0.05) is 23.1 Å². The third-order valence-corrected chi connectivity index (χ3v) is 4.18. The van der Waals surface area contributed by atoms with E-state index in [1.807, 2.05) is 30.3 Å². The molecule has 4 aromatic rings. The van der Waals surface area contributed by atoms with Gasteiger partial charge in [0.2, 0.25) is 0 Å². The van der Waals surface area contributed by atoms with Gasteiger partial charge < -0.3 is 0 Å². The first kappa shape index (κ1) is 15.7. The second-order valence-electron chi connectivity index (χ2n) is 5.66. The lowest BCUT2D eigenvalue weighted by Crippen LogP contribution is -2.01. The molecule has 0 N–H and O–H groups in total. The summed E-state index contributed by atoms with van der Waals surface area (Å²) >= 11 is 6.04. The highest BCUT2D eigenvalue weighted by Crippen LogP contribution is 2.22. The highest BCUT2D eigenvalue weighted by molar-refractivity contribution is 6.30. The van der Waals surface area contributed by atoms with Crippen molar-refractivity contribution < 1.29 is 8.78 Å². The zero-order valence-electron chi connectivity index (χ0n) is 13.0. The Morgan fingerprint density at radius 3 is 2.68 bits per heavy atom. The predicted octanol–water partition coefficient (Wildman–Crippen LogP) is 4.92. The van der Waals surface area contributed by atoms with Crippen LogP contribution in [-0.2, 0) is 6.42 Å². The SMILES string of the molecule is Fc1ccc(Cc2cnc3ccc(-c4cccc(Cl)c4)nn23)c(F)c1. The molecule has 0 aliphatic carbocycles. The molecule has 2 heterocycles. The lowest BCUT2D eigenvalue weighted by Gasteiger charge is -2.06. The molecule has 3 nitrogen and oxygen atoms in total. The fourth-order valence-electron chi connectivity index (χ4n) is 2.70. The number of fused-ring (bicyclic) bond motifs is 1. The lowest BCUT2D eigenvalue weighted by atomic mass is 10.1. The van der Waals surface area contributed by atoms with Crippen molar-refractivity contribution in [2.45, 2.75) is 6.42 Å². The average molecular weight is 356 g/mol. The van der Waals surface area contributed by atoms with Crippen LogP contribution in [0.15, 0.2) is 60.8 Å². The van der Waals surface area contributed by atoms with Crippen molar-refractivity contribution in [2.75, 3.05) is 0 Å². The molecule has 2 aromatic carbocycles. The fraction of sp³-hybridized carbons (Fsp3) is 0.0526. The standard InChI is InChI=1S/C19H12ClF2N3/c20-14-3-1-2-13(8-14)18-6-7-19-23-11-16(25(19)24-18)9-12-4-5-15(21)10-17(12)22/h1-8,10-11H,9H2. The summed E-state index contributed by atoms with van der Waals surface area (Å²) in [5.41, 5.74) is 3.36. The first-order chi connectivity index (χ1) is 12.1. The summed E-state index contributed by atoms with van der Waals surface area (Å²) < 4.78 is 28.7. The van der Waals surface area contributed by atoms with Crippen molar-refractivity contribution in [1.82, 2.24) is 14.6 Å². The molecular weight excluding hydrogens is 344 g/mol. The van der Waals surface area contributed by atoms with E-state index in [-0.39, 0.29) is 6.42 Å². The Balaban J connectivity index is 1.76. The van der Waals surface area contributed by atoms with Gasteiger partial charge in [0.05, 0.1) is 17.6 Å². The van der Waals surface area contributed by atoms with Crippen LogP contribution in [0.4, 0.5) is 8.78 Å². The molecule has 0 saturated heterocycles. The fourth-order valence-corrected chi connectivity index (χ4v) is 2.89. The van der Waals surface area contributed by atoms with Gasteiger partial charge in [-0.2, -0.15) is 5.10 Å². The molecule has 0 amide bonds. The molecule has 0 atom stereocenters. The number of nitrogens with zero attached hydrogens (tertiary/aromatic N) is 3. The Morgan fingerprint density at radius 1 is 1.00 bits per heavy atom. The predicted molar refractivity (Wildman–Crippen MR) is 92.6 cm³/mol. The third kappa shape index (κ3) is 3.10. The minimum absolute atomic E-state index is 0.263. The largest absolute Gasteiger partial charge is 0.235 e. The van der Waals surface area contributed by atoms with E-state index in [0.29, 0.717) is 21.9 Å². The Morgan fingerprint density at radius 2 is 1.88 bits per heavy atom. The molecule has 0 fully saturated rings. The van der Waals surface area contributed by atoms with E-state index < -0.39 is 11.6 Å². The second-order valence-corrected chi connectivity index (χ2v) is 6.10. The molecule has 0 unspecified atom stereocenters. The van der Waals surface area contributed by atoms with Crippen LogP contribution in [0.25, 0.3) is 16.9 Å². The summed E-state index contributed by atoms with van der Waals surface area (Å²) in [4.78, 5) is 4.29. The normalized spacial score (nSPS) is 11.2. The van der Waals surface area contributed by atoms with Crippen LogP contribution < -0.4 is 0 Å². The molecule has 0 bridgehead atoms. The van der Waals surface area contributed by atoms with Crippen LogP contribution in [0.1, 0.15) is 11.3 Å². The van der Waals surface area contributed by atoms with Crippen LogP contribution in [-0.4, -0.2) is 14.6 Å². The number of rotatable bonds is 3. The Labute approximate surface area is 147 Å². The van der Waals surface area contributed by atoms with Gasteiger partial charge in [0.15, 0.2) is 5.65 Å². The number of imidazole rings is 1. The maximum atomic E-state index is 13.9. The first-order valence-corrected chi connectivity index (χ1v) is 8.01. The van der Waals surface area contributed by atoms with Gasteiger partial charge in [-0.15, -0.1) is 0 Å². The molecule has 0 radical (unpaired) electrons. The molecule has 6 heteroatoms. The summed E-state index contributed by atoms with van der Waals surface area (Å²) in [6.07, 6.45) is 1.91. The van der Waals surface area contributed by atoms with Crippen LogP contribution in [0.2, 0.25) is 5.02 Å². The molecule has 0 aliphatic rings. The van der Waals surface area contributed by atoms with Crippen LogP contribution >= 0.6 is 11.6 Å². The van der Waals surface area contributed by atoms with Crippen molar-refractivity contribution in [2.24, 2.45) is 0 Å². The van der Waals surface area contributed by atoms with E-state index in [0.717, 1.165) is 17.3 Å². The van der Waals surface area contributed by atoms with Gasteiger partial charge in [0.1, 0.15) is 11.6 Å². The number of hydrogen-bond acceptors (Lipinski definition) is 2. The van der Waals surface area contributed by atoms with Gasteiger partial charge in [-0.1, -0.05) is 29.8 Å². The van der Waals surface area contributed by atoms with Crippen LogP contribution in [0.3, 0.4) is 0 Å². The summed E-state index contributed by atoms with van der Waals surface area (Å²) in [5.74, 6) is -1.18. The summed E-state index contributed by atoms with van der Waals surface area (Å²) in [6, 6.07) is 14.6. The van der Waals surface area contributed by atoms with E-state index in [1.165, 1.54) is 12.1 Å². The Hall–Kier alpha value is -2.79. The van der Waals surface area contributed by atoms with Crippen LogP contribution in [0, 0.1) is 11.6 Å². The minimum atomic E-state index is -0.597. The zero-order chi connectivity index (χ0) is 17.4. The van der Waals surface area contributed by atoms with Crippen LogP contribution in [0.5, 0.6) is 0 Å². The highest BCUT2D eigenvalue weighted by atomic mass is 35.5. The molecule has 0 saturated carbocycles. The smallest absolute Gasteiger partial charge is 0.153 e. The number of hydrogen-bond donors (Lipinski definition) is 0. The van der Waals surface area contributed by atoms with Crippen molar-refractivity contribution >= 4 is 17.2 Å². The zero-order valence-corrected chi connectivity index (χ0v) is 13.7. The monoisotopic (exact) mass is 355 g/mol. The molecule has 4 rings (SSSR count). The minimum Gasteiger partial charge on any atom is -0.235 e. The summed E-state index contributed by atoms with van der Waals surface area (Å²) in [6.45, 7) is 0. The van der Waals surface area contributed by atoms with Gasteiger partial charge in [-0.25, -0.2) is 18.3 Å². The average Bonchev–Trinajstić information content (AvgIpc) is 2.99. The summed E-state index contributed by atoms with van der Waals surface area (Å²) in [5, 5.41) is 5.21. The van der Waals surface area contributed by atoms with Crippen molar-refractivity contribution in [3.63, 3.8) is 0 Å². The van der Waals surface area contributed by atoms with E-state index in [1.54, 1.807) is 16.8 Å². The molecular formula is C19H12ClF2N3. The number of aromatic nitrogens is 3. The molecule has 0 aliphatic heterocycles. The van der Waals surface area contributed by atoms with Crippen molar-refractivity contribution in [1.29, 1.82) is 0 Å². The molecule has 0 spiro atoms. The first-order valence-electron chi connectivity index (χ1n) is 7.64. The van der Waals surface area contributed by atoms with E-state index >= 15 is 0 Å². The van der Waals surface area contributed by atoms with Crippen molar-refractivity contribution in [3.05, 3.63) is 88.7 Å². The lowest BCUT2D eigenvalue weighted by molar-refractivity contribution is 0.573. The van der Waals surface area contributed by atoms with Crippen molar-refractivity contribution in [3.8, 4) is 11.3 Å². The van der Waals surface area contributed by atoms with Gasteiger partial charge in [0.25, 0.3) is 0 Å². The third-order valence-electron chi connectivity index (χ3n) is 3.94. The maximum Gasteiger partial charge on any atom is 0.153 e. The quantitative estimate of drug-likeness (QED) is 0.522. The number of benzene rings is 2. The number of halogens is 3. The Kier molecular flexibility index (Phi) is 3.93. The topological polar surface area (TPSA) is 30.2 Å². The Bertz CT molecular complexity index is 1080. The molecule has 2 aromatic heterocycles. The van der Waals surface area contributed by atoms with E-state index in [2.05, 4.69) is 10.1 Å². The van der Waals surface area contributed by atoms with Gasteiger partial charge in [-0.05, 0) is 35.9 Å². The van der Waals surface area contributed by atoms with E-state index in [9.17, 15) is 8.78 Å². The highest BCUT2D eigenvalue weighted by Gasteiger charge is 2.11.